The van der Waals surface area contributed by atoms with Crippen molar-refractivity contribution in [2.75, 3.05) is 85.8 Å². The molecule has 0 fully saturated rings. The van der Waals surface area contributed by atoms with E-state index in [-0.39, 0.29) is 77.8 Å². The molecule has 1 aliphatic carbocycles. The lowest BCUT2D eigenvalue weighted by Crippen LogP contribution is -2.49. The minimum absolute atomic E-state index is 0.0138. The summed E-state index contributed by atoms with van der Waals surface area (Å²) in [5.41, 5.74) is 1.10. The van der Waals surface area contributed by atoms with Gasteiger partial charge in [-0.15, -0.1) is 0 Å². The Morgan fingerprint density at radius 2 is 1.29 bits per heavy atom. The smallest absolute Gasteiger partial charge is 0.246 e. The van der Waals surface area contributed by atoms with Crippen molar-refractivity contribution in [2.24, 2.45) is 0 Å². The van der Waals surface area contributed by atoms with Crippen LogP contribution in [0.1, 0.15) is 6.42 Å². The second kappa shape index (κ2) is 23.9. The number of carbonyl (C=O) groups is 3. The van der Waals surface area contributed by atoms with Crippen LogP contribution in [-0.2, 0) is 38.1 Å². The maximum absolute atomic E-state index is 11.8. The molecule has 42 heavy (non-hydrogen) atoms. The Bertz CT molecular complexity index is 865. The van der Waals surface area contributed by atoms with E-state index in [1.807, 2.05) is 30.4 Å². The molecule has 240 valence electrons. The predicted molar refractivity (Wildman–Crippen MR) is 147 cm³/mol. The van der Waals surface area contributed by atoms with Gasteiger partial charge in [0.15, 0.2) is 5.78 Å². The van der Waals surface area contributed by atoms with Gasteiger partial charge >= 0.3 is 0 Å². The highest BCUT2D eigenvalue weighted by Gasteiger charge is 2.33. The normalized spacial score (nSPS) is 15.8. The summed E-state index contributed by atoms with van der Waals surface area (Å²) < 4.78 is 26.1. The fourth-order valence-corrected chi connectivity index (χ4v) is 3.19. The fourth-order valence-electron chi connectivity index (χ4n) is 3.19. The zero-order valence-electron chi connectivity index (χ0n) is 23.6. The number of hydrogen-bond donors (Lipinski definition) is 7. The van der Waals surface area contributed by atoms with Crippen molar-refractivity contribution in [3.05, 3.63) is 36.0 Å². The van der Waals surface area contributed by atoms with E-state index in [1.54, 1.807) is 0 Å². The van der Waals surface area contributed by atoms with Crippen LogP contribution in [0.2, 0.25) is 0 Å². The van der Waals surface area contributed by atoms with Gasteiger partial charge in [-0.1, -0.05) is 30.4 Å². The van der Waals surface area contributed by atoms with Gasteiger partial charge in [0.05, 0.1) is 52.9 Å². The van der Waals surface area contributed by atoms with Crippen molar-refractivity contribution < 1.29 is 63.6 Å². The number of carbonyl (C=O) groups excluding carboxylic acids is 3. The molecule has 0 aliphatic heterocycles. The third-order valence-corrected chi connectivity index (χ3v) is 5.56. The molecule has 4 unspecified atom stereocenters. The van der Waals surface area contributed by atoms with Crippen LogP contribution >= 0.6 is 0 Å². The van der Waals surface area contributed by atoms with Crippen molar-refractivity contribution in [3.8, 4) is 0 Å². The minimum atomic E-state index is -2.00. The summed E-state index contributed by atoms with van der Waals surface area (Å²) in [4.78, 5) is 35.3. The highest BCUT2D eigenvalue weighted by Crippen LogP contribution is 2.07. The van der Waals surface area contributed by atoms with Gasteiger partial charge in [-0.05, 0) is 12.0 Å². The number of aliphatic hydroxyl groups excluding tert-OH is 5. The van der Waals surface area contributed by atoms with E-state index >= 15 is 0 Å². The molecular weight excluding hydrogens is 560 g/mol. The third-order valence-electron chi connectivity index (χ3n) is 5.56. The van der Waals surface area contributed by atoms with Gasteiger partial charge < -0.3 is 59.9 Å². The molecule has 0 aromatic rings. The van der Waals surface area contributed by atoms with Gasteiger partial charge in [-0.25, -0.2) is 0 Å². The SMILES string of the molecule is O=C(COCCOCCOCC(=O)NCC1=CC=CC=CC1)NCCOCCOCC(=O)C(O)C(O)C(O)C(O)CO. The number of nitrogens with one attached hydrogen (secondary N) is 2. The number of allylic oxidation sites excluding steroid dienone is 5. The zero-order valence-corrected chi connectivity index (χ0v) is 23.6. The molecule has 0 heterocycles. The lowest BCUT2D eigenvalue weighted by Gasteiger charge is -2.24. The maximum Gasteiger partial charge on any atom is 0.246 e. The highest BCUT2D eigenvalue weighted by atomic mass is 16.5. The molecule has 15 nitrogen and oxygen atoms in total. The van der Waals surface area contributed by atoms with Crippen LogP contribution in [0.5, 0.6) is 0 Å². The molecule has 0 spiro atoms. The van der Waals surface area contributed by atoms with Crippen molar-refractivity contribution in [1.82, 2.24) is 10.6 Å². The Morgan fingerprint density at radius 3 is 1.93 bits per heavy atom. The van der Waals surface area contributed by atoms with E-state index < -0.39 is 43.4 Å². The molecule has 0 saturated heterocycles. The average Bonchev–Trinajstić information content (AvgIpc) is 3.27. The van der Waals surface area contributed by atoms with Crippen LogP contribution in [-0.4, -0.2) is 153 Å². The molecular formula is C27H44N2O13. The van der Waals surface area contributed by atoms with Crippen molar-refractivity contribution in [3.63, 3.8) is 0 Å². The summed E-state index contributed by atoms with van der Waals surface area (Å²) in [6.45, 7) is 0.259. The molecule has 1 rings (SSSR count). The third kappa shape index (κ3) is 18.1. The number of ether oxygens (including phenoxy) is 5. The molecule has 7 N–H and O–H groups in total. The Hall–Kier alpha value is -2.57. The lowest BCUT2D eigenvalue weighted by molar-refractivity contribution is -0.151. The number of aliphatic hydroxyl groups is 5. The average molecular weight is 605 g/mol. The van der Waals surface area contributed by atoms with Crippen molar-refractivity contribution in [2.45, 2.75) is 30.8 Å². The van der Waals surface area contributed by atoms with E-state index in [0.29, 0.717) is 6.54 Å². The van der Waals surface area contributed by atoms with Crippen LogP contribution in [0.15, 0.2) is 36.0 Å². The summed E-state index contributed by atoms with van der Waals surface area (Å²) in [5, 5.41) is 52.2. The van der Waals surface area contributed by atoms with Crippen LogP contribution < -0.4 is 10.6 Å². The molecule has 0 bridgehead atoms. The quantitative estimate of drug-likeness (QED) is 0.0510. The molecule has 0 saturated carbocycles. The van der Waals surface area contributed by atoms with Gasteiger partial charge in [-0.2, -0.15) is 0 Å². The maximum atomic E-state index is 11.8. The van der Waals surface area contributed by atoms with Gasteiger partial charge in [0.25, 0.3) is 0 Å². The first-order valence-electron chi connectivity index (χ1n) is 13.6. The standard InChI is InChI=1S/C27H44N2O13/c30-16-21(31)25(35)27(37)26(36)22(32)17-40-12-9-38-8-7-28-23(33)18-41-13-10-39-11-14-42-19-24(34)29-15-20-5-3-1-2-4-6-20/h1-5,21,25-27,30-31,35-37H,6-19H2,(H,28,33)(H,29,34). The first-order chi connectivity index (χ1) is 20.3. The van der Waals surface area contributed by atoms with Crippen molar-refractivity contribution in [1.29, 1.82) is 0 Å². The van der Waals surface area contributed by atoms with Gasteiger partial charge in [-0.3, -0.25) is 14.4 Å². The number of Topliss-reactive ketones (excluding diaryl/α,β-unsaturated/α-hetero) is 1. The molecule has 0 radical (unpaired) electrons. The summed E-state index contributed by atoms with van der Waals surface area (Å²) in [7, 11) is 0. The topological polar surface area (TPSA) is 223 Å². The largest absolute Gasteiger partial charge is 0.394 e. The monoisotopic (exact) mass is 604 g/mol. The first kappa shape index (κ1) is 37.5. The van der Waals surface area contributed by atoms with E-state index in [4.69, 9.17) is 28.8 Å². The molecule has 0 aromatic heterocycles. The summed E-state index contributed by atoms with van der Waals surface area (Å²) in [5.74, 6) is -1.48. The number of ketones is 1. The van der Waals surface area contributed by atoms with E-state index in [1.165, 1.54) is 0 Å². The molecule has 2 amide bonds. The first-order valence-corrected chi connectivity index (χ1v) is 13.6. The number of hydrogen-bond acceptors (Lipinski definition) is 13. The number of amides is 2. The van der Waals surface area contributed by atoms with E-state index in [2.05, 4.69) is 10.6 Å². The van der Waals surface area contributed by atoms with E-state index in [9.17, 15) is 34.8 Å². The summed E-state index contributed by atoms with van der Waals surface area (Å²) in [6.07, 6.45) is 3.01. The number of rotatable bonds is 25. The van der Waals surface area contributed by atoms with Gasteiger partial charge in [0.2, 0.25) is 11.8 Å². The Kier molecular flexibility index (Phi) is 21.3. The van der Waals surface area contributed by atoms with Crippen LogP contribution in [0.4, 0.5) is 0 Å². The molecule has 4 atom stereocenters. The Morgan fingerprint density at radius 1 is 0.714 bits per heavy atom. The Balaban J connectivity index is 1.89. The van der Waals surface area contributed by atoms with Crippen LogP contribution in [0.25, 0.3) is 0 Å². The second-order valence-electron chi connectivity index (χ2n) is 8.99. The fraction of sp³-hybridized carbons (Fsp3) is 0.667. The van der Waals surface area contributed by atoms with Crippen LogP contribution in [0, 0.1) is 0 Å². The minimum Gasteiger partial charge on any atom is -0.394 e. The zero-order chi connectivity index (χ0) is 31.0. The summed E-state index contributed by atoms with van der Waals surface area (Å²) >= 11 is 0. The van der Waals surface area contributed by atoms with Crippen LogP contribution in [0.3, 0.4) is 0 Å². The molecule has 15 heteroatoms. The predicted octanol–water partition coefficient (Wildman–Crippen LogP) is -3.25. The molecule has 1 aliphatic rings. The highest BCUT2D eigenvalue weighted by molar-refractivity contribution is 5.84. The summed E-state index contributed by atoms with van der Waals surface area (Å²) in [6, 6.07) is 0. The van der Waals surface area contributed by atoms with Gasteiger partial charge in [0.1, 0.15) is 44.2 Å². The second-order valence-corrected chi connectivity index (χ2v) is 8.99. The van der Waals surface area contributed by atoms with Gasteiger partial charge in [0, 0.05) is 13.1 Å². The Labute approximate surface area is 244 Å². The molecule has 0 aromatic carbocycles. The van der Waals surface area contributed by atoms with Crippen molar-refractivity contribution >= 4 is 17.6 Å². The lowest BCUT2D eigenvalue weighted by atomic mass is 10.0. The van der Waals surface area contributed by atoms with E-state index in [0.717, 1.165) is 12.0 Å².